The van der Waals surface area contributed by atoms with E-state index in [9.17, 15) is 19.5 Å². The van der Waals surface area contributed by atoms with Crippen molar-refractivity contribution in [1.82, 2.24) is 9.80 Å². The quantitative estimate of drug-likeness (QED) is 0.207. The van der Waals surface area contributed by atoms with Gasteiger partial charge in [0.15, 0.2) is 0 Å². The second-order valence-electron chi connectivity index (χ2n) is 11.4. The van der Waals surface area contributed by atoms with Crippen molar-refractivity contribution in [3.8, 4) is 0 Å². The van der Waals surface area contributed by atoms with Crippen LogP contribution in [0.25, 0.3) is 0 Å². The molecule has 9 heteroatoms. The molecule has 1 aromatic rings. The van der Waals surface area contributed by atoms with Crippen LogP contribution in [0.1, 0.15) is 43.2 Å². The van der Waals surface area contributed by atoms with Crippen molar-refractivity contribution in [3.63, 3.8) is 0 Å². The van der Waals surface area contributed by atoms with E-state index in [1.165, 1.54) is 0 Å². The maximum absolute atomic E-state index is 14.7. The Morgan fingerprint density at radius 3 is 2.52 bits per heavy atom. The zero-order valence-electron chi connectivity index (χ0n) is 23.9. The SMILES string of the molecule is C=CCN(C)C(=O)[C@H]1[C@@H]2OC3(CC2Br)C(C(=O)N(CC=C)c2cc(C)ccc2C)N(CCCCCCO)C(=O)[C@H]13. The first-order valence-corrected chi connectivity index (χ1v) is 15.1. The number of halogens is 1. The Morgan fingerprint density at radius 2 is 1.85 bits per heavy atom. The van der Waals surface area contributed by atoms with Crippen LogP contribution in [0.15, 0.2) is 43.5 Å². The van der Waals surface area contributed by atoms with Crippen LogP contribution in [0, 0.1) is 25.7 Å². The first-order valence-electron chi connectivity index (χ1n) is 14.2. The highest BCUT2D eigenvalue weighted by atomic mass is 79.9. The summed E-state index contributed by atoms with van der Waals surface area (Å²) in [7, 11) is 1.71. The first kappa shape index (κ1) is 30.5. The molecule has 0 saturated carbocycles. The minimum absolute atomic E-state index is 0.130. The molecular formula is C31H42BrN3O5. The molecule has 3 saturated heterocycles. The Hall–Kier alpha value is -2.49. The molecule has 1 N–H and O–H groups in total. The van der Waals surface area contributed by atoms with Crippen LogP contribution >= 0.6 is 15.9 Å². The first-order chi connectivity index (χ1) is 19.1. The molecule has 1 spiro atoms. The zero-order valence-corrected chi connectivity index (χ0v) is 25.4. The Kier molecular flexibility index (Phi) is 9.58. The summed E-state index contributed by atoms with van der Waals surface area (Å²) < 4.78 is 6.67. The number of amides is 3. The third-order valence-corrected chi connectivity index (χ3v) is 9.47. The summed E-state index contributed by atoms with van der Waals surface area (Å²) in [6.45, 7) is 12.8. The van der Waals surface area contributed by atoms with E-state index < -0.39 is 29.6 Å². The molecule has 0 aromatic heterocycles. The van der Waals surface area contributed by atoms with E-state index >= 15 is 0 Å². The maximum Gasteiger partial charge on any atom is 0.253 e. The third kappa shape index (κ3) is 5.28. The second kappa shape index (κ2) is 12.6. The van der Waals surface area contributed by atoms with Gasteiger partial charge in [0.25, 0.3) is 5.91 Å². The predicted octanol–water partition coefficient (Wildman–Crippen LogP) is 3.77. The molecule has 3 aliphatic heterocycles. The van der Waals surface area contributed by atoms with Crippen LogP contribution < -0.4 is 4.90 Å². The molecule has 3 amide bonds. The van der Waals surface area contributed by atoms with Crippen molar-refractivity contribution < 1.29 is 24.2 Å². The van der Waals surface area contributed by atoms with Gasteiger partial charge in [0, 0.05) is 43.8 Å². The van der Waals surface area contributed by atoms with E-state index in [4.69, 9.17) is 4.74 Å². The number of ether oxygens (including phenoxy) is 1. The van der Waals surface area contributed by atoms with Gasteiger partial charge in [-0.15, -0.1) is 13.2 Å². The van der Waals surface area contributed by atoms with Crippen LogP contribution in [0.2, 0.25) is 0 Å². The Labute approximate surface area is 246 Å². The monoisotopic (exact) mass is 615 g/mol. The lowest BCUT2D eigenvalue weighted by Crippen LogP contribution is -2.57. The molecule has 3 fully saturated rings. The molecule has 4 rings (SSSR count). The molecule has 3 aliphatic rings. The number of benzene rings is 1. The Bertz CT molecular complexity index is 1160. The van der Waals surface area contributed by atoms with Gasteiger partial charge in [0.1, 0.15) is 11.6 Å². The number of alkyl halides is 1. The lowest BCUT2D eigenvalue weighted by atomic mass is 9.70. The molecule has 1 aromatic carbocycles. The van der Waals surface area contributed by atoms with Gasteiger partial charge in [0.05, 0.1) is 17.9 Å². The summed E-state index contributed by atoms with van der Waals surface area (Å²) in [6, 6.07) is 5.12. The summed E-state index contributed by atoms with van der Waals surface area (Å²) in [5.74, 6) is -1.98. The van der Waals surface area contributed by atoms with Crippen LogP contribution in [-0.4, -0.2) is 88.5 Å². The van der Waals surface area contributed by atoms with Gasteiger partial charge >= 0.3 is 0 Å². The van der Waals surface area contributed by atoms with Crippen LogP contribution in [0.5, 0.6) is 0 Å². The van der Waals surface area contributed by atoms with E-state index in [1.807, 2.05) is 32.0 Å². The normalized spacial score (nSPS) is 28.5. The number of unbranched alkanes of at least 4 members (excludes halogenated alkanes) is 3. The number of aliphatic hydroxyl groups is 1. The minimum atomic E-state index is -1.11. The minimum Gasteiger partial charge on any atom is -0.396 e. The molecule has 2 bridgehead atoms. The highest BCUT2D eigenvalue weighted by Gasteiger charge is 2.76. The van der Waals surface area contributed by atoms with E-state index in [1.54, 1.807) is 33.9 Å². The highest BCUT2D eigenvalue weighted by molar-refractivity contribution is 9.09. The number of anilines is 1. The number of hydrogen-bond donors (Lipinski definition) is 1. The van der Waals surface area contributed by atoms with Crippen LogP contribution in [0.3, 0.4) is 0 Å². The fourth-order valence-corrected chi connectivity index (χ4v) is 7.75. The number of carbonyl (C=O) groups is 3. The molecule has 3 heterocycles. The summed E-state index contributed by atoms with van der Waals surface area (Å²) in [5, 5.41) is 9.18. The van der Waals surface area contributed by atoms with Gasteiger partial charge < -0.3 is 24.5 Å². The van der Waals surface area contributed by atoms with Crippen molar-refractivity contribution in [2.45, 2.75) is 68.5 Å². The standard InChI is InChI=1S/C31H42BrN3O5/c1-6-14-33(5)28(37)24-25-29(38)35(16-10-8-9-11-17-36)27(31(25)19-22(32)26(24)40-31)30(39)34(15-7-2)23-18-20(3)12-13-21(23)4/h6-7,12-13,18,22,24-27,36H,1-2,8-11,14-17,19H2,3-5H3/t22?,24-,25+,26-,27?,31?/m1/s1. The van der Waals surface area contributed by atoms with Crippen molar-refractivity contribution in [2.75, 3.05) is 38.2 Å². The van der Waals surface area contributed by atoms with E-state index in [2.05, 4.69) is 29.1 Å². The summed E-state index contributed by atoms with van der Waals surface area (Å²) >= 11 is 3.74. The summed E-state index contributed by atoms with van der Waals surface area (Å²) in [4.78, 5) is 47.4. The van der Waals surface area contributed by atoms with Gasteiger partial charge in [0.2, 0.25) is 11.8 Å². The maximum atomic E-state index is 14.7. The molecule has 218 valence electrons. The summed E-state index contributed by atoms with van der Waals surface area (Å²) in [6.07, 6.45) is 6.38. The van der Waals surface area contributed by atoms with Gasteiger partial charge in [-0.05, 0) is 50.3 Å². The van der Waals surface area contributed by atoms with Crippen molar-refractivity contribution >= 4 is 39.3 Å². The Balaban J connectivity index is 1.77. The number of hydrogen-bond acceptors (Lipinski definition) is 5. The van der Waals surface area contributed by atoms with E-state index in [0.717, 1.165) is 29.7 Å². The average molecular weight is 617 g/mol. The van der Waals surface area contributed by atoms with Crippen molar-refractivity contribution in [1.29, 1.82) is 0 Å². The van der Waals surface area contributed by atoms with Crippen molar-refractivity contribution in [2.24, 2.45) is 11.8 Å². The number of aliphatic hydroxyl groups excluding tert-OH is 1. The number of carbonyl (C=O) groups excluding carboxylic acids is 3. The molecule has 8 nitrogen and oxygen atoms in total. The smallest absolute Gasteiger partial charge is 0.253 e. The molecule has 0 radical (unpaired) electrons. The van der Waals surface area contributed by atoms with Crippen LogP contribution in [0.4, 0.5) is 5.69 Å². The van der Waals surface area contributed by atoms with Gasteiger partial charge in [-0.3, -0.25) is 14.4 Å². The zero-order chi connectivity index (χ0) is 29.2. The summed E-state index contributed by atoms with van der Waals surface area (Å²) in [5.41, 5.74) is 1.64. The number of fused-ring (bicyclic) bond motifs is 1. The average Bonchev–Trinajstić information content (AvgIpc) is 3.51. The third-order valence-electron chi connectivity index (χ3n) is 8.63. The lowest BCUT2D eigenvalue weighted by Gasteiger charge is -2.37. The fraction of sp³-hybridized carbons (Fsp3) is 0.581. The number of rotatable bonds is 13. The number of nitrogens with zero attached hydrogens (tertiary/aromatic N) is 3. The molecule has 6 atom stereocenters. The van der Waals surface area contributed by atoms with E-state index in [0.29, 0.717) is 32.4 Å². The van der Waals surface area contributed by atoms with Crippen LogP contribution in [-0.2, 0) is 19.1 Å². The Morgan fingerprint density at radius 1 is 1.15 bits per heavy atom. The molecule has 40 heavy (non-hydrogen) atoms. The topological polar surface area (TPSA) is 90.4 Å². The number of likely N-dealkylation sites (N-methyl/N-ethyl adjacent to an activating group) is 1. The molecule has 3 unspecified atom stereocenters. The van der Waals surface area contributed by atoms with Gasteiger partial charge in [-0.25, -0.2) is 0 Å². The fourth-order valence-electron chi connectivity index (χ4n) is 6.81. The van der Waals surface area contributed by atoms with E-state index in [-0.39, 0.29) is 35.7 Å². The number of aryl methyl sites for hydroxylation is 2. The largest absolute Gasteiger partial charge is 0.396 e. The highest BCUT2D eigenvalue weighted by Crippen LogP contribution is 2.60. The lowest BCUT2D eigenvalue weighted by molar-refractivity contribution is -0.144. The van der Waals surface area contributed by atoms with Crippen molar-refractivity contribution in [3.05, 3.63) is 54.6 Å². The van der Waals surface area contributed by atoms with Gasteiger partial charge in [-0.1, -0.05) is 53.1 Å². The molecular weight excluding hydrogens is 574 g/mol. The number of likely N-dealkylation sites (tertiary alicyclic amines) is 1. The molecule has 0 aliphatic carbocycles. The second-order valence-corrected chi connectivity index (χ2v) is 12.5. The predicted molar refractivity (Wildman–Crippen MR) is 159 cm³/mol. The van der Waals surface area contributed by atoms with Gasteiger partial charge in [-0.2, -0.15) is 0 Å².